The number of hydrogen-bond acceptors (Lipinski definition) is 10. The topological polar surface area (TPSA) is 180 Å². The highest BCUT2D eigenvalue weighted by molar-refractivity contribution is 9.10. The Kier molecular flexibility index (Phi) is 11.3. The first-order valence-electron chi connectivity index (χ1n) is 13.8. The lowest BCUT2D eigenvalue weighted by molar-refractivity contribution is -0.384. The molecule has 1 heterocycles. The molecule has 0 fully saturated rings. The van der Waals surface area contributed by atoms with E-state index in [0.29, 0.717) is 27.0 Å². The molecule has 0 unspecified atom stereocenters. The zero-order valence-electron chi connectivity index (χ0n) is 25.0. The van der Waals surface area contributed by atoms with Crippen LogP contribution >= 0.6 is 15.9 Å². The molecule has 240 valence electrons. The van der Waals surface area contributed by atoms with E-state index in [-0.39, 0.29) is 42.6 Å². The maximum atomic E-state index is 12.6. The number of halogens is 1. The molecular formula is C31H30BrN5O9. The van der Waals surface area contributed by atoms with E-state index in [9.17, 15) is 24.5 Å². The van der Waals surface area contributed by atoms with E-state index >= 15 is 0 Å². The number of ether oxygens (including phenoxy) is 4. The van der Waals surface area contributed by atoms with Gasteiger partial charge in [0.1, 0.15) is 12.4 Å². The average molecular weight is 697 g/mol. The summed E-state index contributed by atoms with van der Waals surface area (Å²) in [6.45, 7) is 3.32. The predicted octanol–water partition coefficient (Wildman–Crippen LogP) is 4.67. The summed E-state index contributed by atoms with van der Waals surface area (Å²) in [4.78, 5) is 47.5. The number of hydrazone groups is 1. The Morgan fingerprint density at radius 2 is 1.80 bits per heavy atom. The number of rotatable bonds is 13. The second-order valence-electron chi connectivity index (χ2n) is 9.68. The number of benzene rings is 3. The van der Waals surface area contributed by atoms with Crippen LogP contribution < -0.4 is 30.3 Å². The summed E-state index contributed by atoms with van der Waals surface area (Å²) in [5.41, 5.74) is 5.02. The van der Waals surface area contributed by atoms with Crippen molar-refractivity contribution in [2.75, 3.05) is 20.3 Å². The molecule has 3 amide bonds. The molecule has 0 aromatic heterocycles. The molecule has 15 heteroatoms. The lowest BCUT2D eigenvalue weighted by atomic mass is 9.95. The molecule has 0 spiro atoms. The van der Waals surface area contributed by atoms with Crippen molar-refractivity contribution in [2.45, 2.75) is 26.5 Å². The number of nitrogens with one attached hydrogen (secondary N) is 3. The molecule has 3 aromatic rings. The molecule has 0 saturated heterocycles. The van der Waals surface area contributed by atoms with Gasteiger partial charge in [-0.1, -0.05) is 6.07 Å². The number of allylic oxidation sites excluding steroid dienone is 1. The van der Waals surface area contributed by atoms with E-state index in [1.165, 1.54) is 25.5 Å². The number of methoxy groups -OCH3 is 1. The first kappa shape index (κ1) is 33.5. The van der Waals surface area contributed by atoms with Crippen LogP contribution in [0.2, 0.25) is 0 Å². The summed E-state index contributed by atoms with van der Waals surface area (Å²) in [6.07, 6.45) is 1.45. The van der Waals surface area contributed by atoms with Crippen LogP contribution in [0.25, 0.3) is 0 Å². The number of amides is 3. The largest absolute Gasteiger partial charge is 0.493 e. The Morgan fingerprint density at radius 3 is 2.48 bits per heavy atom. The van der Waals surface area contributed by atoms with Crippen molar-refractivity contribution >= 4 is 45.7 Å². The lowest BCUT2D eigenvalue weighted by Crippen LogP contribution is -2.45. The zero-order valence-corrected chi connectivity index (χ0v) is 26.6. The number of nitro groups is 1. The van der Waals surface area contributed by atoms with Gasteiger partial charge in [0.15, 0.2) is 18.1 Å². The highest BCUT2D eigenvalue weighted by Gasteiger charge is 2.32. The third-order valence-corrected chi connectivity index (χ3v) is 7.16. The van der Waals surface area contributed by atoms with Gasteiger partial charge in [-0.25, -0.2) is 15.0 Å². The molecular weight excluding hydrogens is 666 g/mol. The van der Waals surface area contributed by atoms with Crippen molar-refractivity contribution in [1.82, 2.24) is 16.1 Å². The Morgan fingerprint density at radius 1 is 1.07 bits per heavy atom. The van der Waals surface area contributed by atoms with Crippen molar-refractivity contribution in [2.24, 2.45) is 5.10 Å². The molecule has 0 radical (unpaired) electrons. The number of carbonyl (C=O) groups is 3. The van der Waals surface area contributed by atoms with Gasteiger partial charge in [0.05, 0.1) is 40.9 Å². The smallest absolute Gasteiger partial charge is 0.338 e. The van der Waals surface area contributed by atoms with Crippen LogP contribution in [0.15, 0.2) is 81.5 Å². The van der Waals surface area contributed by atoms with Crippen LogP contribution in [-0.4, -0.2) is 49.4 Å². The van der Waals surface area contributed by atoms with E-state index in [4.69, 9.17) is 18.9 Å². The zero-order chi connectivity index (χ0) is 33.2. The molecule has 0 saturated carbocycles. The minimum Gasteiger partial charge on any atom is -0.493 e. The normalized spacial score (nSPS) is 14.3. The summed E-state index contributed by atoms with van der Waals surface area (Å²) in [5.74, 6) is 0.00257. The molecule has 0 bridgehead atoms. The van der Waals surface area contributed by atoms with Gasteiger partial charge in [0.2, 0.25) is 0 Å². The van der Waals surface area contributed by atoms with Gasteiger partial charge in [0.25, 0.3) is 11.6 Å². The first-order valence-corrected chi connectivity index (χ1v) is 14.6. The van der Waals surface area contributed by atoms with Crippen molar-refractivity contribution in [3.63, 3.8) is 0 Å². The fourth-order valence-corrected chi connectivity index (χ4v) is 4.86. The second kappa shape index (κ2) is 15.5. The van der Waals surface area contributed by atoms with Gasteiger partial charge in [0, 0.05) is 17.8 Å². The molecule has 1 atom stereocenters. The van der Waals surface area contributed by atoms with Crippen molar-refractivity contribution in [3.8, 4) is 17.2 Å². The predicted molar refractivity (Wildman–Crippen MR) is 170 cm³/mol. The summed E-state index contributed by atoms with van der Waals surface area (Å²) in [5, 5.41) is 20.1. The average Bonchev–Trinajstić information content (AvgIpc) is 3.03. The van der Waals surface area contributed by atoms with E-state index in [2.05, 4.69) is 37.1 Å². The van der Waals surface area contributed by atoms with Gasteiger partial charge in [-0.15, -0.1) is 0 Å². The molecule has 1 aliphatic rings. The van der Waals surface area contributed by atoms with E-state index in [0.717, 1.165) is 5.56 Å². The summed E-state index contributed by atoms with van der Waals surface area (Å²) in [7, 11) is 1.43. The third-order valence-electron chi connectivity index (χ3n) is 6.54. The molecule has 1 aliphatic heterocycles. The van der Waals surface area contributed by atoms with Gasteiger partial charge in [-0.3, -0.25) is 14.9 Å². The van der Waals surface area contributed by atoms with Crippen LogP contribution in [0.4, 0.5) is 10.5 Å². The minimum absolute atomic E-state index is 0.00556. The third kappa shape index (κ3) is 8.59. The van der Waals surface area contributed by atoms with E-state index in [1.807, 2.05) is 0 Å². The maximum absolute atomic E-state index is 12.6. The first-order chi connectivity index (χ1) is 22.1. The molecule has 3 N–H and O–H groups in total. The fourth-order valence-electron chi connectivity index (χ4n) is 4.35. The van der Waals surface area contributed by atoms with Crippen molar-refractivity contribution < 1.29 is 38.3 Å². The summed E-state index contributed by atoms with van der Waals surface area (Å²) < 4.78 is 22.7. The number of carbonyl (C=O) groups excluding carboxylic acids is 3. The van der Waals surface area contributed by atoms with Crippen molar-refractivity contribution in [3.05, 3.63) is 103 Å². The van der Waals surface area contributed by atoms with Crippen LogP contribution in [0.1, 0.15) is 36.6 Å². The van der Waals surface area contributed by atoms with Crippen LogP contribution in [-0.2, 0) is 20.9 Å². The van der Waals surface area contributed by atoms with Crippen LogP contribution in [0.3, 0.4) is 0 Å². The molecule has 3 aromatic carbocycles. The standard InChI is InChI=1S/C31H30BrN5O9/c1-4-44-30(39)28-18(2)34-31(40)35-29(28)21-8-12-25(26(14-21)43-3)46-17-27(38)36-33-15-20-7-11-24(23(32)13-20)45-16-19-5-9-22(10-6-19)37(41)42/h5-15,29H,4,16-17H2,1-3H3,(H,36,38)(H2,34,35,40)/b33-15-/t29-/m0/s1. The monoisotopic (exact) mass is 695 g/mol. The maximum Gasteiger partial charge on any atom is 0.338 e. The number of nitrogens with zero attached hydrogens (tertiary/aromatic N) is 2. The SMILES string of the molecule is CCOC(=O)C1=C(C)NC(=O)N[C@H]1c1ccc(OCC(=O)N/N=C\c2ccc(OCc3ccc([N+](=O)[O-])cc3)c(Br)c2)c(OC)c1. The van der Waals surface area contributed by atoms with Gasteiger partial charge in [-0.05, 0) is 88.9 Å². The van der Waals surface area contributed by atoms with Gasteiger partial charge < -0.3 is 29.6 Å². The van der Waals surface area contributed by atoms with E-state index < -0.39 is 28.9 Å². The van der Waals surface area contributed by atoms with Gasteiger partial charge >= 0.3 is 12.0 Å². The minimum atomic E-state index is -0.788. The summed E-state index contributed by atoms with van der Waals surface area (Å²) in [6, 6.07) is 14.9. The Balaban J connectivity index is 1.32. The lowest BCUT2D eigenvalue weighted by Gasteiger charge is -2.28. The highest BCUT2D eigenvalue weighted by Crippen LogP contribution is 2.34. The van der Waals surface area contributed by atoms with Crippen LogP contribution in [0.5, 0.6) is 17.2 Å². The van der Waals surface area contributed by atoms with Crippen molar-refractivity contribution in [1.29, 1.82) is 0 Å². The quantitative estimate of drug-likeness (QED) is 0.0992. The molecule has 46 heavy (non-hydrogen) atoms. The number of non-ortho nitro benzene ring substituents is 1. The number of nitro benzene ring substituents is 1. The Bertz CT molecular complexity index is 1690. The number of esters is 1. The highest BCUT2D eigenvalue weighted by atomic mass is 79.9. The number of urea groups is 1. The Hall–Kier alpha value is -5.44. The van der Waals surface area contributed by atoms with Gasteiger partial charge in [-0.2, -0.15) is 5.10 Å². The van der Waals surface area contributed by atoms with Crippen LogP contribution in [0, 0.1) is 10.1 Å². The Labute approximate surface area is 272 Å². The van der Waals surface area contributed by atoms with E-state index in [1.54, 1.807) is 62.4 Å². The number of hydrogen-bond donors (Lipinski definition) is 3. The summed E-state index contributed by atoms with van der Waals surface area (Å²) >= 11 is 3.45. The molecule has 0 aliphatic carbocycles. The molecule has 14 nitrogen and oxygen atoms in total. The fraction of sp³-hybridized carbons (Fsp3) is 0.226. The second-order valence-corrected chi connectivity index (χ2v) is 10.5. The molecule has 4 rings (SSSR count).